The first-order chi connectivity index (χ1) is 13.6. The largest absolute Gasteiger partial charge is 0.459 e. The molecule has 3 unspecified atom stereocenters. The Morgan fingerprint density at radius 2 is 2.21 bits per heavy atom. The predicted molar refractivity (Wildman–Crippen MR) is 112 cm³/mol. The van der Waals surface area contributed by atoms with E-state index >= 15 is 0 Å². The molecule has 2 saturated heterocycles. The summed E-state index contributed by atoms with van der Waals surface area (Å²) < 4.78 is 5.30. The van der Waals surface area contributed by atoms with Crippen molar-refractivity contribution in [1.82, 2.24) is 15.1 Å². The quantitative estimate of drug-likeness (QED) is 0.670. The van der Waals surface area contributed by atoms with Gasteiger partial charge >= 0.3 is 0 Å². The lowest BCUT2D eigenvalue weighted by molar-refractivity contribution is -0.124. The van der Waals surface area contributed by atoms with E-state index in [0.29, 0.717) is 24.1 Å². The smallest absolute Gasteiger partial charge is 0.291 e. The van der Waals surface area contributed by atoms with E-state index in [1.54, 1.807) is 28.8 Å². The molecular weight excluding hydrogens is 374 g/mol. The van der Waals surface area contributed by atoms with Crippen LogP contribution in [-0.4, -0.2) is 64.5 Å². The van der Waals surface area contributed by atoms with Crippen molar-refractivity contribution in [2.24, 2.45) is 0 Å². The Morgan fingerprint density at radius 1 is 1.36 bits per heavy atom. The lowest BCUT2D eigenvalue weighted by atomic mass is 10.0. The lowest BCUT2D eigenvalue weighted by Crippen LogP contribution is -2.50. The molecule has 0 radical (unpaired) electrons. The maximum atomic E-state index is 12.9. The minimum Gasteiger partial charge on any atom is -0.459 e. The molecule has 7 heteroatoms. The van der Waals surface area contributed by atoms with Gasteiger partial charge in [0.25, 0.3) is 5.91 Å². The van der Waals surface area contributed by atoms with Gasteiger partial charge in [0.1, 0.15) is 6.04 Å². The van der Waals surface area contributed by atoms with Crippen LogP contribution in [0.25, 0.3) is 0 Å². The number of piperidine rings is 1. The first-order valence-corrected chi connectivity index (χ1v) is 11.7. The normalized spacial score (nSPS) is 25.8. The van der Waals surface area contributed by atoms with Crippen molar-refractivity contribution in [3.05, 3.63) is 24.2 Å². The molecule has 2 fully saturated rings. The van der Waals surface area contributed by atoms with E-state index in [1.807, 2.05) is 0 Å². The highest BCUT2D eigenvalue weighted by Crippen LogP contribution is 2.33. The molecule has 3 rings (SSSR count). The molecule has 28 heavy (non-hydrogen) atoms. The van der Waals surface area contributed by atoms with E-state index in [2.05, 4.69) is 24.1 Å². The van der Waals surface area contributed by atoms with E-state index < -0.39 is 6.04 Å². The van der Waals surface area contributed by atoms with Crippen LogP contribution in [0.2, 0.25) is 0 Å². The zero-order valence-corrected chi connectivity index (χ0v) is 17.9. The lowest BCUT2D eigenvalue weighted by Gasteiger charge is -2.33. The fourth-order valence-electron chi connectivity index (χ4n) is 4.14. The van der Waals surface area contributed by atoms with Crippen molar-refractivity contribution in [3.63, 3.8) is 0 Å². The Morgan fingerprint density at radius 3 is 2.93 bits per heavy atom. The highest BCUT2D eigenvalue weighted by atomic mass is 32.2. The molecule has 0 bridgehead atoms. The second kappa shape index (κ2) is 10.3. The van der Waals surface area contributed by atoms with Gasteiger partial charge in [-0.2, -0.15) is 0 Å². The number of carbonyl (C=O) groups is 2. The van der Waals surface area contributed by atoms with E-state index in [1.165, 1.54) is 32.1 Å². The van der Waals surface area contributed by atoms with E-state index in [-0.39, 0.29) is 17.2 Å². The topological polar surface area (TPSA) is 65.8 Å². The van der Waals surface area contributed by atoms with Crippen molar-refractivity contribution in [1.29, 1.82) is 0 Å². The second-order valence-electron chi connectivity index (χ2n) is 7.81. The van der Waals surface area contributed by atoms with Crippen LogP contribution in [0.4, 0.5) is 0 Å². The first kappa shape index (κ1) is 21.2. The number of furan rings is 1. The van der Waals surface area contributed by atoms with Gasteiger partial charge in [-0.1, -0.05) is 19.8 Å². The first-order valence-electron chi connectivity index (χ1n) is 10.6. The molecular formula is C21H33N3O3S. The van der Waals surface area contributed by atoms with Crippen LogP contribution in [0.1, 0.15) is 62.9 Å². The number of nitrogens with one attached hydrogen (secondary N) is 1. The van der Waals surface area contributed by atoms with Crippen LogP contribution in [0.15, 0.2) is 22.8 Å². The summed E-state index contributed by atoms with van der Waals surface area (Å²) in [5.41, 5.74) is 0. The van der Waals surface area contributed by atoms with Gasteiger partial charge in [0.15, 0.2) is 5.76 Å². The van der Waals surface area contributed by atoms with Gasteiger partial charge in [0.05, 0.1) is 11.6 Å². The number of carbonyl (C=O) groups excluding carboxylic acids is 2. The molecule has 0 spiro atoms. The molecule has 2 amide bonds. The van der Waals surface area contributed by atoms with Crippen molar-refractivity contribution < 1.29 is 14.0 Å². The zero-order valence-electron chi connectivity index (χ0n) is 17.1. The number of thioether (sulfide) groups is 1. The van der Waals surface area contributed by atoms with Gasteiger partial charge in [-0.05, 0) is 51.3 Å². The second-order valence-corrected chi connectivity index (χ2v) is 9.02. The van der Waals surface area contributed by atoms with E-state index in [9.17, 15) is 9.59 Å². The average molecular weight is 408 g/mol. The van der Waals surface area contributed by atoms with Crippen molar-refractivity contribution >= 4 is 23.6 Å². The Hall–Kier alpha value is -1.47. The molecule has 0 aliphatic carbocycles. The highest BCUT2D eigenvalue weighted by Gasteiger charge is 2.42. The van der Waals surface area contributed by atoms with Crippen LogP contribution in [-0.2, 0) is 4.79 Å². The minimum absolute atomic E-state index is 0.0348. The fraction of sp³-hybridized carbons (Fsp3) is 0.714. The molecule has 2 aliphatic heterocycles. The van der Waals surface area contributed by atoms with Gasteiger partial charge < -0.3 is 19.5 Å². The molecule has 3 heterocycles. The molecule has 0 saturated carbocycles. The minimum atomic E-state index is -0.423. The van der Waals surface area contributed by atoms with E-state index in [0.717, 1.165) is 25.8 Å². The third kappa shape index (κ3) is 5.11. The fourth-order valence-corrected chi connectivity index (χ4v) is 5.66. The monoisotopic (exact) mass is 407 g/mol. The number of rotatable bonds is 8. The number of hydrogen-bond donors (Lipinski definition) is 1. The summed E-state index contributed by atoms with van der Waals surface area (Å²) in [6, 6.07) is 3.60. The van der Waals surface area contributed by atoms with Gasteiger partial charge in [-0.25, -0.2) is 0 Å². The van der Waals surface area contributed by atoms with Crippen LogP contribution in [0.5, 0.6) is 0 Å². The summed E-state index contributed by atoms with van der Waals surface area (Å²) >= 11 is 1.69. The van der Waals surface area contributed by atoms with Gasteiger partial charge in [0.2, 0.25) is 5.91 Å². The van der Waals surface area contributed by atoms with Gasteiger partial charge in [-0.3, -0.25) is 9.59 Å². The molecule has 6 nitrogen and oxygen atoms in total. The third-order valence-electron chi connectivity index (χ3n) is 5.76. The standard InChI is InChI=1S/C21H33N3O3S/c1-3-8-19-24(21(26)18-10-6-14-27-18)17(15-28-19)20(25)22-11-7-13-23-12-5-4-9-16(23)2/h6,10,14,16-17,19H,3-5,7-9,11-13,15H2,1-2H3,(H,22,25). The maximum absolute atomic E-state index is 12.9. The molecule has 3 atom stereocenters. The Balaban J connectivity index is 1.52. The summed E-state index contributed by atoms with van der Waals surface area (Å²) in [4.78, 5) is 30.0. The summed E-state index contributed by atoms with van der Waals surface area (Å²) in [5.74, 6) is 0.723. The Bertz CT molecular complexity index is 637. The molecule has 1 N–H and O–H groups in total. The Kier molecular flexibility index (Phi) is 7.85. The molecule has 1 aromatic heterocycles. The summed E-state index contributed by atoms with van der Waals surface area (Å²) in [6.45, 7) is 7.24. The highest BCUT2D eigenvalue weighted by molar-refractivity contribution is 8.00. The van der Waals surface area contributed by atoms with Crippen molar-refractivity contribution in [2.75, 3.05) is 25.4 Å². The van der Waals surface area contributed by atoms with Crippen molar-refractivity contribution in [3.8, 4) is 0 Å². The van der Waals surface area contributed by atoms with Crippen LogP contribution in [0, 0.1) is 0 Å². The molecule has 2 aliphatic rings. The number of likely N-dealkylation sites (tertiary alicyclic amines) is 1. The van der Waals surface area contributed by atoms with Crippen LogP contribution < -0.4 is 5.32 Å². The maximum Gasteiger partial charge on any atom is 0.291 e. The van der Waals surface area contributed by atoms with Gasteiger partial charge in [-0.15, -0.1) is 11.8 Å². The predicted octanol–water partition coefficient (Wildman–Crippen LogP) is 3.34. The van der Waals surface area contributed by atoms with Crippen LogP contribution in [0.3, 0.4) is 0 Å². The van der Waals surface area contributed by atoms with E-state index in [4.69, 9.17) is 4.42 Å². The third-order valence-corrected chi connectivity index (χ3v) is 7.11. The summed E-state index contributed by atoms with van der Waals surface area (Å²) in [5, 5.41) is 3.10. The number of hydrogen-bond acceptors (Lipinski definition) is 5. The Labute approximate surface area is 172 Å². The molecule has 0 aromatic carbocycles. The summed E-state index contributed by atoms with van der Waals surface area (Å²) in [6.07, 6.45) is 8.18. The number of amides is 2. The SMILES string of the molecule is CCCC1SCC(C(=O)NCCCN2CCCCC2C)N1C(=O)c1ccco1. The molecule has 156 valence electrons. The zero-order chi connectivity index (χ0) is 19.9. The molecule has 1 aromatic rings. The average Bonchev–Trinajstić information content (AvgIpc) is 3.36. The van der Waals surface area contributed by atoms with Crippen molar-refractivity contribution in [2.45, 2.75) is 69.8 Å². The number of nitrogens with zero attached hydrogens (tertiary/aromatic N) is 2. The van der Waals surface area contributed by atoms with Gasteiger partial charge in [0, 0.05) is 24.9 Å². The summed E-state index contributed by atoms with van der Waals surface area (Å²) in [7, 11) is 0. The van der Waals surface area contributed by atoms with Crippen LogP contribution >= 0.6 is 11.8 Å².